The summed E-state index contributed by atoms with van der Waals surface area (Å²) in [6, 6.07) is 2.03. The maximum atomic E-state index is 3.04. The van der Waals surface area contributed by atoms with E-state index in [9.17, 15) is 0 Å². The van der Waals surface area contributed by atoms with E-state index in [1.54, 1.807) is 0 Å². The highest BCUT2D eigenvalue weighted by molar-refractivity contribution is 5.42. The molecule has 0 saturated heterocycles. The maximum absolute atomic E-state index is 3.04. The molecule has 2 nitrogen and oxygen atoms in total. The van der Waals surface area contributed by atoms with Crippen LogP contribution in [0.3, 0.4) is 0 Å². The summed E-state index contributed by atoms with van der Waals surface area (Å²) < 4.78 is 0. The molecular formula is C6H10N2. The van der Waals surface area contributed by atoms with Crippen molar-refractivity contribution >= 4 is 5.82 Å². The predicted octanol–water partition coefficient (Wildman–Crippen LogP) is 1.36. The Balaban J connectivity index is 2.92. The SMILES string of the molecule is CNc1[nH]ccc1C. The summed E-state index contributed by atoms with van der Waals surface area (Å²) in [7, 11) is 1.90. The van der Waals surface area contributed by atoms with Crippen molar-refractivity contribution in [2.24, 2.45) is 0 Å². The molecule has 0 spiro atoms. The van der Waals surface area contributed by atoms with Gasteiger partial charge in [0.1, 0.15) is 5.82 Å². The highest BCUT2D eigenvalue weighted by Crippen LogP contribution is 2.07. The minimum Gasteiger partial charge on any atom is -0.374 e. The van der Waals surface area contributed by atoms with Gasteiger partial charge in [-0.3, -0.25) is 0 Å². The van der Waals surface area contributed by atoms with Gasteiger partial charge < -0.3 is 10.3 Å². The first kappa shape index (κ1) is 5.22. The summed E-state index contributed by atoms with van der Waals surface area (Å²) in [4.78, 5) is 3.04. The first-order valence-corrected chi connectivity index (χ1v) is 2.66. The molecule has 1 heterocycles. The molecule has 2 N–H and O–H groups in total. The molecule has 2 heteroatoms. The van der Waals surface area contributed by atoms with Crippen molar-refractivity contribution in [2.75, 3.05) is 12.4 Å². The zero-order valence-electron chi connectivity index (χ0n) is 5.15. The molecule has 0 bridgehead atoms. The fourth-order valence-electron chi connectivity index (χ4n) is 0.717. The van der Waals surface area contributed by atoms with E-state index in [4.69, 9.17) is 0 Å². The second-order valence-electron chi connectivity index (χ2n) is 1.79. The second-order valence-corrected chi connectivity index (χ2v) is 1.79. The van der Waals surface area contributed by atoms with Crippen LogP contribution in [-0.4, -0.2) is 12.0 Å². The van der Waals surface area contributed by atoms with Crippen molar-refractivity contribution in [2.45, 2.75) is 6.92 Å². The number of aryl methyl sites for hydroxylation is 1. The maximum Gasteiger partial charge on any atom is 0.105 e. The molecule has 0 fully saturated rings. The Morgan fingerprint density at radius 3 is 2.62 bits per heavy atom. The van der Waals surface area contributed by atoms with E-state index in [0.29, 0.717) is 0 Å². The van der Waals surface area contributed by atoms with E-state index in [2.05, 4.69) is 17.2 Å². The summed E-state index contributed by atoms with van der Waals surface area (Å²) >= 11 is 0. The molecule has 0 aromatic carbocycles. The van der Waals surface area contributed by atoms with E-state index >= 15 is 0 Å². The van der Waals surface area contributed by atoms with Gasteiger partial charge in [-0.2, -0.15) is 0 Å². The van der Waals surface area contributed by atoms with Gasteiger partial charge in [0.15, 0.2) is 0 Å². The number of aromatic amines is 1. The van der Waals surface area contributed by atoms with Gasteiger partial charge in [-0.15, -0.1) is 0 Å². The topological polar surface area (TPSA) is 27.8 Å². The van der Waals surface area contributed by atoms with Crippen LogP contribution in [0.5, 0.6) is 0 Å². The minimum absolute atomic E-state index is 1.10. The number of hydrogen-bond donors (Lipinski definition) is 2. The largest absolute Gasteiger partial charge is 0.374 e. The average Bonchev–Trinajstić information content (AvgIpc) is 2.14. The van der Waals surface area contributed by atoms with E-state index in [0.717, 1.165) is 5.82 Å². The molecular weight excluding hydrogens is 100 g/mol. The van der Waals surface area contributed by atoms with Crippen molar-refractivity contribution in [3.63, 3.8) is 0 Å². The van der Waals surface area contributed by atoms with Crippen molar-refractivity contribution in [3.05, 3.63) is 17.8 Å². The number of hydrogen-bond acceptors (Lipinski definition) is 1. The van der Waals surface area contributed by atoms with Crippen LogP contribution in [0, 0.1) is 6.92 Å². The molecule has 0 atom stereocenters. The molecule has 0 aliphatic heterocycles. The molecule has 44 valence electrons. The first-order valence-electron chi connectivity index (χ1n) is 2.66. The normalized spacial score (nSPS) is 9.25. The Morgan fingerprint density at radius 2 is 2.38 bits per heavy atom. The molecule has 1 aromatic heterocycles. The van der Waals surface area contributed by atoms with Gasteiger partial charge in [0.05, 0.1) is 0 Å². The molecule has 0 saturated carbocycles. The van der Waals surface area contributed by atoms with Crippen LogP contribution in [0.15, 0.2) is 12.3 Å². The average molecular weight is 110 g/mol. The molecule has 1 aromatic rings. The molecule has 0 aliphatic carbocycles. The quantitative estimate of drug-likeness (QED) is 0.561. The standard InChI is InChI=1S/C6H10N2/c1-5-3-4-8-6(5)7-2/h3-4,7-8H,1-2H3. The third-order valence-electron chi connectivity index (χ3n) is 1.21. The van der Waals surface area contributed by atoms with Crippen LogP contribution in [-0.2, 0) is 0 Å². The summed E-state index contributed by atoms with van der Waals surface area (Å²) in [5.74, 6) is 1.10. The van der Waals surface area contributed by atoms with Crippen molar-refractivity contribution in [3.8, 4) is 0 Å². The molecule has 1 rings (SSSR count). The Morgan fingerprint density at radius 1 is 1.62 bits per heavy atom. The van der Waals surface area contributed by atoms with Crippen LogP contribution >= 0.6 is 0 Å². The van der Waals surface area contributed by atoms with Crippen LogP contribution in [0.4, 0.5) is 5.82 Å². The van der Waals surface area contributed by atoms with Crippen LogP contribution in [0.2, 0.25) is 0 Å². The Kier molecular flexibility index (Phi) is 1.24. The summed E-state index contributed by atoms with van der Waals surface area (Å²) in [6.07, 6.45) is 1.92. The van der Waals surface area contributed by atoms with Gasteiger partial charge in [0, 0.05) is 13.2 Å². The highest BCUT2D eigenvalue weighted by atomic mass is 15.0. The zero-order valence-corrected chi connectivity index (χ0v) is 5.15. The van der Waals surface area contributed by atoms with Gasteiger partial charge >= 0.3 is 0 Å². The molecule has 0 aliphatic rings. The Hall–Kier alpha value is -0.920. The predicted molar refractivity (Wildman–Crippen MR) is 35.1 cm³/mol. The zero-order chi connectivity index (χ0) is 5.98. The summed E-state index contributed by atoms with van der Waals surface area (Å²) in [5.41, 5.74) is 1.26. The van der Waals surface area contributed by atoms with Gasteiger partial charge in [-0.05, 0) is 18.6 Å². The van der Waals surface area contributed by atoms with E-state index in [1.165, 1.54) is 5.56 Å². The van der Waals surface area contributed by atoms with Gasteiger partial charge in [0.2, 0.25) is 0 Å². The smallest absolute Gasteiger partial charge is 0.105 e. The lowest BCUT2D eigenvalue weighted by Crippen LogP contribution is -1.88. The summed E-state index contributed by atoms with van der Waals surface area (Å²) in [5, 5.41) is 3.02. The Bertz CT molecular complexity index is 167. The van der Waals surface area contributed by atoms with Crippen LogP contribution in [0.25, 0.3) is 0 Å². The van der Waals surface area contributed by atoms with Gasteiger partial charge in [-0.25, -0.2) is 0 Å². The number of rotatable bonds is 1. The second kappa shape index (κ2) is 1.90. The van der Waals surface area contributed by atoms with Gasteiger partial charge in [-0.1, -0.05) is 0 Å². The lowest BCUT2D eigenvalue weighted by atomic mass is 10.4. The fourth-order valence-corrected chi connectivity index (χ4v) is 0.717. The monoisotopic (exact) mass is 110 g/mol. The third-order valence-corrected chi connectivity index (χ3v) is 1.21. The number of aromatic nitrogens is 1. The molecule has 0 radical (unpaired) electrons. The van der Waals surface area contributed by atoms with Crippen molar-refractivity contribution in [1.29, 1.82) is 0 Å². The lowest BCUT2D eigenvalue weighted by Gasteiger charge is -1.93. The Labute approximate surface area is 48.9 Å². The van der Waals surface area contributed by atoms with Crippen molar-refractivity contribution < 1.29 is 0 Å². The highest BCUT2D eigenvalue weighted by Gasteiger charge is 1.90. The number of H-pyrrole nitrogens is 1. The van der Waals surface area contributed by atoms with E-state index in [1.807, 2.05) is 19.3 Å². The van der Waals surface area contributed by atoms with Crippen LogP contribution in [0.1, 0.15) is 5.56 Å². The van der Waals surface area contributed by atoms with Crippen LogP contribution < -0.4 is 5.32 Å². The van der Waals surface area contributed by atoms with E-state index in [-0.39, 0.29) is 0 Å². The van der Waals surface area contributed by atoms with E-state index < -0.39 is 0 Å². The van der Waals surface area contributed by atoms with Crippen molar-refractivity contribution in [1.82, 2.24) is 4.98 Å². The fraction of sp³-hybridized carbons (Fsp3) is 0.333. The first-order chi connectivity index (χ1) is 3.84. The minimum atomic E-state index is 1.10. The number of nitrogens with one attached hydrogen (secondary N) is 2. The molecule has 0 amide bonds. The molecule has 0 unspecified atom stereocenters. The number of anilines is 1. The lowest BCUT2D eigenvalue weighted by molar-refractivity contribution is 1.32. The van der Waals surface area contributed by atoms with Gasteiger partial charge in [0.25, 0.3) is 0 Å². The third kappa shape index (κ3) is 0.689. The molecule has 8 heavy (non-hydrogen) atoms. The summed E-state index contributed by atoms with van der Waals surface area (Å²) in [6.45, 7) is 2.06.